The van der Waals surface area contributed by atoms with Crippen LogP contribution in [0.15, 0.2) is 24.3 Å². The van der Waals surface area contributed by atoms with E-state index in [0.29, 0.717) is 11.3 Å². The van der Waals surface area contributed by atoms with Crippen molar-refractivity contribution in [3.8, 4) is 11.8 Å². The molecule has 0 N–H and O–H groups in total. The first kappa shape index (κ1) is 14.3. The van der Waals surface area contributed by atoms with E-state index in [1.54, 1.807) is 24.3 Å². The molecular formula is C12H12F3NO2. The molecule has 0 fully saturated rings. The van der Waals surface area contributed by atoms with Crippen LogP contribution in [0.5, 0.6) is 5.75 Å². The van der Waals surface area contributed by atoms with Gasteiger partial charge in [-0.25, -0.2) is 0 Å². The Hall–Kier alpha value is -1.74. The minimum Gasteiger partial charge on any atom is -0.490 e. The van der Waals surface area contributed by atoms with Gasteiger partial charge in [-0.05, 0) is 19.1 Å². The third-order valence-electron chi connectivity index (χ3n) is 2.18. The van der Waals surface area contributed by atoms with Crippen LogP contribution in [0.4, 0.5) is 13.2 Å². The fourth-order valence-corrected chi connectivity index (χ4v) is 1.16. The van der Waals surface area contributed by atoms with Crippen molar-refractivity contribution in [2.45, 2.75) is 19.2 Å². The minimum atomic E-state index is -4.37. The van der Waals surface area contributed by atoms with Crippen molar-refractivity contribution in [3.63, 3.8) is 0 Å². The first-order valence-corrected chi connectivity index (χ1v) is 5.25. The number of rotatable bonds is 5. The van der Waals surface area contributed by atoms with Crippen LogP contribution in [0.2, 0.25) is 0 Å². The molecule has 6 heteroatoms. The summed E-state index contributed by atoms with van der Waals surface area (Å²) in [5.41, 5.74) is 0.335. The summed E-state index contributed by atoms with van der Waals surface area (Å²) in [6, 6.07) is 8.41. The summed E-state index contributed by atoms with van der Waals surface area (Å²) in [5, 5.41) is 8.76. The van der Waals surface area contributed by atoms with Crippen LogP contribution < -0.4 is 4.74 Å². The number of ether oxygens (including phenoxy) is 2. The van der Waals surface area contributed by atoms with E-state index in [4.69, 9.17) is 10.00 Å². The predicted molar refractivity (Wildman–Crippen MR) is 58.1 cm³/mol. The minimum absolute atomic E-state index is 0.0425. The Labute approximate surface area is 103 Å². The van der Waals surface area contributed by atoms with Crippen LogP contribution >= 0.6 is 0 Å². The molecule has 1 aromatic carbocycles. The second-order valence-electron chi connectivity index (χ2n) is 3.51. The average molecular weight is 259 g/mol. The summed E-state index contributed by atoms with van der Waals surface area (Å²) < 4.78 is 46.1. The molecule has 18 heavy (non-hydrogen) atoms. The van der Waals surface area contributed by atoms with Crippen molar-refractivity contribution in [1.29, 1.82) is 5.26 Å². The van der Waals surface area contributed by atoms with Crippen LogP contribution in [-0.2, 0) is 4.74 Å². The summed E-state index contributed by atoms with van der Waals surface area (Å²) in [6.45, 7) is 0.697. The molecule has 0 heterocycles. The normalized spacial score (nSPS) is 12.8. The maximum Gasteiger partial charge on any atom is 0.414 e. The summed E-state index contributed by atoms with van der Waals surface area (Å²) in [6.07, 6.45) is -6.20. The largest absolute Gasteiger partial charge is 0.490 e. The van der Waals surface area contributed by atoms with Crippen molar-refractivity contribution in [2.75, 3.05) is 13.2 Å². The van der Waals surface area contributed by atoms with Crippen LogP contribution in [0.1, 0.15) is 12.5 Å². The number of nitriles is 1. The number of halogens is 3. The maximum absolute atomic E-state index is 12.1. The number of para-hydroxylation sites is 1. The maximum atomic E-state index is 12.1. The Morgan fingerprint density at radius 2 is 1.94 bits per heavy atom. The van der Waals surface area contributed by atoms with Crippen LogP contribution in [0, 0.1) is 11.3 Å². The number of nitrogens with zero attached hydrogens (tertiary/aromatic N) is 1. The summed E-state index contributed by atoms with van der Waals surface area (Å²) in [7, 11) is 0. The Bertz CT molecular complexity index is 426. The molecule has 98 valence electrons. The highest BCUT2D eigenvalue weighted by atomic mass is 19.4. The molecule has 0 saturated carbocycles. The van der Waals surface area contributed by atoms with Crippen molar-refractivity contribution >= 4 is 0 Å². The molecule has 0 saturated heterocycles. The smallest absolute Gasteiger partial charge is 0.414 e. The quantitative estimate of drug-likeness (QED) is 0.763. The monoisotopic (exact) mass is 259 g/mol. The lowest BCUT2D eigenvalue weighted by Crippen LogP contribution is -2.30. The Morgan fingerprint density at radius 1 is 1.28 bits per heavy atom. The van der Waals surface area contributed by atoms with Gasteiger partial charge in [-0.3, -0.25) is 0 Å². The summed E-state index contributed by atoms with van der Waals surface area (Å²) >= 11 is 0. The molecule has 1 rings (SSSR count). The number of benzene rings is 1. The Kier molecular flexibility index (Phi) is 4.98. The van der Waals surface area contributed by atoms with Crippen LogP contribution in [-0.4, -0.2) is 25.5 Å². The molecule has 3 nitrogen and oxygen atoms in total. The molecule has 0 spiro atoms. The number of hydrogen-bond acceptors (Lipinski definition) is 3. The molecule has 1 atom stereocenters. The van der Waals surface area contributed by atoms with Gasteiger partial charge in [0.05, 0.1) is 12.2 Å². The van der Waals surface area contributed by atoms with Gasteiger partial charge in [0.15, 0.2) is 6.10 Å². The van der Waals surface area contributed by atoms with Gasteiger partial charge in [0.1, 0.15) is 18.4 Å². The predicted octanol–water partition coefficient (Wildman–Crippen LogP) is 2.90. The first-order valence-electron chi connectivity index (χ1n) is 5.25. The molecule has 0 aliphatic carbocycles. The van der Waals surface area contributed by atoms with Gasteiger partial charge < -0.3 is 9.47 Å². The lowest BCUT2D eigenvalue weighted by molar-refractivity contribution is -0.215. The highest BCUT2D eigenvalue weighted by Gasteiger charge is 2.36. The van der Waals surface area contributed by atoms with Crippen LogP contribution in [0.3, 0.4) is 0 Å². The molecular weight excluding hydrogens is 247 g/mol. The van der Waals surface area contributed by atoms with Gasteiger partial charge in [0.2, 0.25) is 0 Å². The topological polar surface area (TPSA) is 42.2 Å². The first-order chi connectivity index (χ1) is 8.45. The Morgan fingerprint density at radius 3 is 2.56 bits per heavy atom. The van der Waals surface area contributed by atoms with Gasteiger partial charge >= 0.3 is 6.18 Å². The van der Waals surface area contributed by atoms with Crippen molar-refractivity contribution in [1.82, 2.24) is 0 Å². The average Bonchev–Trinajstić information content (AvgIpc) is 2.33. The van der Waals surface area contributed by atoms with Gasteiger partial charge in [-0.1, -0.05) is 12.1 Å². The van der Waals surface area contributed by atoms with Gasteiger partial charge in [-0.15, -0.1) is 0 Å². The van der Waals surface area contributed by atoms with Gasteiger partial charge in [0, 0.05) is 0 Å². The van der Waals surface area contributed by atoms with E-state index in [-0.39, 0.29) is 13.2 Å². The van der Waals surface area contributed by atoms with Crippen molar-refractivity contribution in [2.24, 2.45) is 0 Å². The molecule has 1 aromatic rings. The molecule has 0 bridgehead atoms. The highest BCUT2D eigenvalue weighted by Crippen LogP contribution is 2.22. The molecule has 0 aliphatic heterocycles. The van der Waals surface area contributed by atoms with E-state index in [0.717, 1.165) is 6.92 Å². The molecule has 0 amide bonds. The number of alkyl halides is 3. The summed E-state index contributed by atoms with van der Waals surface area (Å²) in [5.74, 6) is 0.336. The lowest BCUT2D eigenvalue weighted by atomic mass is 10.2. The van der Waals surface area contributed by atoms with Crippen LogP contribution in [0.25, 0.3) is 0 Å². The highest BCUT2D eigenvalue weighted by molar-refractivity contribution is 5.42. The molecule has 0 aromatic heterocycles. The fraction of sp³-hybridized carbons (Fsp3) is 0.417. The standard InChI is InChI=1S/C12H12F3NO2/c1-9(12(13,14)15)17-6-7-18-11-5-3-2-4-10(11)8-16/h2-5,9H,6-7H2,1H3. The van der Waals surface area contributed by atoms with Crippen molar-refractivity contribution < 1.29 is 22.6 Å². The molecule has 1 unspecified atom stereocenters. The van der Waals surface area contributed by atoms with E-state index in [2.05, 4.69) is 4.74 Å². The fourth-order valence-electron chi connectivity index (χ4n) is 1.16. The van der Waals surface area contributed by atoms with E-state index >= 15 is 0 Å². The third kappa shape index (κ3) is 4.26. The zero-order valence-corrected chi connectivity index (χ0v) is 9.70. The SMILES string of the molecule is CC(OCCOc1ccccc1C#N)C(F)(F)F. The molecule has 0 aliphatic rings. The summed E-state index contributed by atoms with van der Waals surface area (Å²) in [4.78, 5) is 0. The molecule has 0 radical (unpaired) electrons. The third-order valence-corrected chi connectivity index (χ3v) is 2.18. The van der Waals surface area contributed by atoms with Gasteiger partial charge in [0.25, 0.3) is 0 Å². The lowest BCUT2D eigenvalue weighted by Gasteiger charge is -2.16. The zero-order chi connectivity index (χ0) is 13.6. The number of hydrogen-bond donors (Lipinski definition) is 0. The van der Waals surface area contributed by atoms with E-state index in [9.17, 15) is 13.2 Å². The second-order valence-corrected chi connectivity index (χ2v) is 3.51. The van der Waals surface area contributed by atoms with E-state index in [1.807, 2.05) is 6.07 Å². The second kappa shape index (κ2) is 6.26. The van der Waals surface area contributed by atoms with Crippen molar-refractivity contribution in [3.05, 3.63) is 29.8 Å². The van der Waals surface area contributed by atoms with E-state index in [1.165, 1.54) is 0 Å². The zero-order valence-electron chi connectivity index (χ0n) is 9.70. The van der Waals surface area contributed by atoms with E-state index < -0.39 is 12.3 Å². The van der Waals surface area contributed by atoms with Gasteiger partial charge in [-0.2, -0.15) is 18.4 Å². The Balaban J connectivity index is 2.37.